The average molecular weight is 274 g/mol. The van der Waals surface area contributed by atoms with E-state index >= 15 is 0 Å². The Morgan fingerprint density at radius 2 is 1.48 bits per heavy atom. The molecule has 1 nitrogen and oxygen atoms in total. The second kappa shape index (κ2) is 5.00. The molecule has 0 aliphatic heterocycles. The number of carbonyl (C=O) groups is 1. The van der Waals surface area contributed by atoms with Gasteiger partial charge in [-0.1, -0.05) is 54.6 Å². The fourth-order valence-electron chi connectivity index (χ4n) is 3.74. The molecule has 104 valence electrons. The molecule has 0 spiro atoms. The lowest BCUT2D eigenvalue weighted by molar-refractivity contribution is 0.0935. The summed E-state index contributed by atoms with van der Waals surface area (Å²) in [5, 5.41) is 0. The third kappa shape index (κ3) is 2.04. The van der Waals surface area contributed by atoms with Crippen LogP contribution in [0.25, 0.3) is 5.57 Å². The Morgan fingerprint density at radius 1 is 0.810 bits per heavy atom. The zero-order valence-corrected chi connectivity index (χ0v) is 12.0. The van der Waals surface area contributed by atoms with E-state index < -0.39 is 0 Å². The van der Waals surface area contributed by atoms with Crippen molar-refractivity contribution in [2.45, 2.75) is 25.7 Å². The molecule has 1 atom stereocenters. The largest absolute Gasteiger partial charge is 0.293 e. The van der Waals surface area contributed by atoms with Gasteiger partial charge in [-0.15, -0.1) is 0 Å². The number of aryl methyl sites for hydroxylation is 2. The van der Waals surface area contributed by atoms with Gasteiger partial charge in [-0.2, -0.15) is 0 Å². The first-order chi connectivity index (χ1) is 10.3. The summed E-state index contributed by atoms with van der Waals surface area (Å²) >= 11 is 0. The molecule has 21 heavy (non-hydrogen) atoms. The van der Waals surface area contributed by atoms with Gasteiger partial charge in [-0.25, -0.2) is 0 Å². The highest BCUT2D eigenvalue weighted by atomic mass is 16.1. The summed E-state index contributed by atoms with van der Waals surface area (Å²) < 4.78 is 0. The van der Waals surface area contributed by atoms with Crippen LogP contribution in [0.4, 0.5) is 0 Å². The van der Waals surface area contributed by atoms with Gasteiger partial charge < -0.3 is 0 Å². The van der Waals surface area contributed by atoms with Crippen molar-refractivity contribution < 1.29 is 4.79 Å². The van der Waals surface area contributed by atoms with Crippen LogP contribution in [0.3, 0.4) is 0 Å². The van der Waals surface area contributed by atoms with Gasteiger partial charge in [0.05, 0.1) is 0 Å². The van der Waals surface area contributed by atoms with E-state index in [9.17, 15) is 4.79 Å². The van der Waals surface area contributed by atoms with Crippen molar-refractivity contribution in [2.24, 2.45) is 5.92 Å². The van der Waals surface area contributed by atoms with Crippen molar-refractivity contribution in [2.75, 3.05) is 0 Å². The molecule has 0 radical (unpaired) electrons. The Balaban J connectivity index is 1.76. The second-order valence-electron chi connectivity index (χ2n) is 5.97. The number of carbonyl (C=O) groups excluding carboxylic acids is 1. The van der Waals surface area contributed by atoms with Gasteiger partial charge in [0.2, 0.25) is 0 Å². The van der Waals surface area contributed by atoms with Gasteiger partial charge in [-0.05, 0) is 47.9 Å². The Hall–Kier alpha value is -2.15. The van der Waals surface area contributed by atoms with Crippen molar-refractivity contribution >= 4 is 11.4 Å². The highest BCUT2D eigenvalue weighted by molar-refractivity contribution is 6.06. The molecule has 0 amide bonds. The topological polar surface area (TPSA) is 17.1 Å². The van der Waals surface area contributed by atoms with Crippen LogP contribution in [-0.2, 0) is 12.8 Å². The third-order valence-electron chi connectivity index (χ3n) is 4.78. The van der Waals surface area contributed by atoms with E-state index in [0.717, 1.165) is 31.2 Å². The molecule has 0 N–H and O–H groups in total. The number of ketones is 1. The van der Waals surface area contributed by atoms with Crippen molar-refractivity contribution in [3.63, 3.8) is 0 Å². The first kappa shape index (κ1) is 12.6. The third-order valence-corrected chi connectivity index (χ3v) is 4.78. The molecule has 0 saturated carbocycles. The monoisotopic (exact) mass is 274 g/mol. The standard InChI is InChI=1S/C20H18O/c21-20-17-10-4-2-7-15(17)12-13-19(20)18-11-5-8-14-6-1-3-9-16(14)18/h1-4,6-7,9-11,19H,5,8,12-13H2. The molecular formula is C20H18O. The van der Waals surface area contributed by atoms with Crippen molar-refractivity contribution in [3.8, 4) is 0 Å². The van der Waals surface area contributed by atoms with Gasteiger partial charge in [0.1, 0.15) is 0 Å². The smallest absolute Gasteiger partial charge is 0.170 e. The van der Waals surface area contributed by atoms with E-state index in [-0.39, 0.29) is 5.92 Å². The maximum absolute atomic E-state index is 12.9. The summed E-state index contributed by atoms with van der Waals surface area (Å²) in [5.74, 6) is 0.348. The second-order valence-corrected chi connectivity index (χ2v) is 5.97. The quantitative estimate of drug-likeness (QED) is 0.750. The summed E-state index contributed by atoms with van der Waals surface area (Å²) in [7, 11) is 0. The Morgan fingerprint density at radius 3 is 2.29 bits per heavy atom. The molecule has 0 heterocycles. The van der Waals surface area contributed by atoms with Crippen LogP contribution in [0.5, 0.6) is 0 Å². The fourth-order valence-corrected chi connectivity index (χ4v) is 3.74. The minimum absolute atomic E-state index is 0.0429. The Bertz CT molecular complexity index is 739. The fraction of sp³-hybridized carbons (Fsp3) is 0.250. The van der Waals surface area contributed by atoms with E-state index in [1.54, 1.807) is 0 Å². The molecule has 0 bridgehead atoms. The molecule has 2 aromatic carbocycles. The van der Waals surface area contributed by atoms with Crippen LogP contribution in [0.15, 0.2) is 54.6 Å². The first-order valence-electron chi connectivity index (χ1n) is 7.75. The van der Waals surface area contributed by atoms with Gasteiger partial charge in [-0.3, -0.25) is 4.79 Å². The summed E-state index contributed by atoms with van der Waals surface area (Å²) in [4.78, 5) is 12.9. The molecule has 0 aromatic heterocycles. The van der Waals surface area contributed by atoms with E-state index in [4.69, 9.17) is 0 Å². The molecule has 1 unspecified atom stereocenters. The molecule has 4 rings (SSSR count). The number of benzene rings is 2. The predicted molar refractivity (Wildman–Crippen MR) is 85.3 cm³/mol. The van der Waals surface area contributed by atoms with Crippen LogP contribution in [0.2, 0.25) is 0 Å². The van der Waals surface area contributed by atoms with Gasteiger partial charge in [0, 0.05) is 11.5 Å². The van der Waals surface area contributed by atoms with E-state index in [1.165, 1.54) is 22.3 Å². The molecule has 2 aromatic rings. The van der Waals surface area contributed by atoms with Crippen LogP contribution in [-0.4, -0.2) is 5.78 Å². The lowest BCUT2D eigenvalue weighted by Crippen LogP contribution is -2.24. The van der Waals surface area contributed by atoms with Crippen LogP contribution >= 0.6 is 0 Å². The number of hydrogen-bond acceptors (Lipinski definition) is 1. The maximum Gasteiger partial charge on any atom is 0.170 e. The number of allylic oxidation sites excluding steroid dienone is 2. The number of Topliss-reactive ketones (excluding diaryl/α,β-unsaturated/α-hetero) is 1. The minimum Gasteiger partial charge on any atom is -0.293 e. The average Bonchev–Trinajstić information content (AvgIpc) is 2.55. The number of rotatable bonds is 1. The summed E-state index contributed by atoms with van der Waals surface area (Å²) in [6, 6.07) is 16.6. The zero-order chi connectivity index (χ0) is 14.2. The van der Waals surface area contributed by atoms with Gasteiger partial charge >= 0.3 is 0 Å². The Labute approximate surface area is 125 Å². The summed E-state index contributed by atoms with van der Waals surface area (Å²) in [6.07, 6.45) is 6.38. The van der Waals surface area contributed by atoms with E-state index in [1.807, 2.05) is 18.2 Å². The SMILES string of the molecule is O=C1c2ccccc2CCC1C1=CCCc2ccccc21. The molecular weight excluding hydrogens is 256 g/mol. The van der Waals surface area contributed by atoms with Gasteiger partial charge in [0.25, 0.3) is 0 Å². The van der Waals surface area contributed by atoms with Crippen LogP contribution in [0.1, 0.15) is 39.9 Å². The molecule has 2 aliphatic carbocycles. The molecule has 1 heteroatoms. The predicted octanol–water partition coefficient (Wildman–Crippen LogP) is 4.46. The number of hydrogen-bond donors (Lipinski definition) is 0. The van der Waals surface area contributed by atoms with E-state index in [2.05, 4.69) is 36.4 Å². The van der Waals surface area contributed by atoms with Gasteiger partial charge in [0.15, 0.2) is 5.78 Å². The summed E-state index contributed by atoms with van der Waals surface area (Å²) in [5.41, 5.74) is 6.08. The maximum atomic E-state index is 12.9. The van der Waals surface area contributed by atoms with Crippen molar-refractivity contribution in [3.05, 3.63) is 76.9 Å². The highest BCUT2D eigenvalue weighted by Crippen LogP contribution is 2.38. The lowest BCUT2D eigenvalue weighted by Gasteiger charge is -2.28. The molecule has 0 fully saturated rings. The van der Waals surface area contributed by atoms with E-state index in [0.29, 0.717) is 5.78 Å². The van der Waals surface area contributed by atoms with Crippen molar-refractivity contribution in [1.29, 1.82) is 0 Å². The zero-order valence-electron chi connectivity index (χ0n) is 12.0. The van der Waals surface area contributed by atoms with Crippen LogP contribution in [0, 0.1) is 5.92 Å². The number of fused-ring (bicyclic) bond motifs is 2. The van der Waals surface area contributed by atoms with Crippen LogP contribution < -0.4 is 0 Å². The molecule has 0 saturated heterocycles. The first-order valence-corrected chi connectivity index (χ1v) is 7.75. The van der Waals surface area contributed by atoms with Crippen molar-refractivity contribution in [1.82, 2.24) is 0 Å². The minimum atomic E-state index is 0.0429. The normalized spacial score (nSPS) is 20.5. The Kier molecular flexibility index (Phi) is 2.99. The summed E-state index contributed by atoms with van der Waals surface area (Å²) in [6.45, 7) is 0. The highest BCUT2D eigenvalue weighted by Gasteiger charge is 2.31. The molecule has 2 aliphatic rings. The lowest BCUT2D eigenvalue weighted by atomic mass is 9.74.